The molecule has 0 bridgehead atoms. The molecule has 8 nitrogen and oxygen atoms in total. The largest absolute Gasteiger partial charge is 0.503 e. The molecule has 1 unspecified atom stereocenters. The lowest BCUT2D eigenvalue weighted by Crippen LogP contribution is -2.37. The van der Waals surface area contributed by atoms with Crippen molar-refractivity contribution >= 4 is 33.2 Å². The molecule has 0 radical (unpaired) electrons. The van der Waals surface area contributed by atoms with E-state index in [0.717, 1.165) is 0 Å². The molecule has 5 rings (SSSR count). The Bertz CT molecular complexity index is 1450. The normalized spacial score (nSPS) is 16.5. The van der Waals surface area contributed by atoms with Gasteiger partial charge in [0.25, 0.3) is 5.56 Å². The van der Waals surface area contributed by atoms with Crippen molar-refractivity contribution in [2.75, 3.05) is 12.4 Å². The van der Waals surface area contributed by atoms with Gasteiger partial charge in [-0.05, 0) is 33.6 Å². The Balaban J connectivity index is 1.88. The molecule has 2 heterocycles. The average Bonchev–Trinajstić information content (AvgIpc) is 3.05. The molecule has 0 spiro atoms. The fourth-order valence-corrected chi connectivity index (χ4v) is 4.74. The number of phenolic OH excluding ortho intramolecular Hbond substituents is 1. The first-order valence-electron chi connectivity index (χ1n) is 9.38. The number of nitrogens with one attached hydrogen (secondary N) is 2. The molecular formula is C22H16BrN3O5. The van der Waals surface area contributed by atoms with Crippen LogP contribution in [0.2, 0.25) is 0 Å². The van der Waals surface area contributed by atoms with Crippen LogP contribution in [0.4, 0.5) is 5.82 Å². The summed E-state index contributed by atoms with van der Waals surface area (Å²) in [5.41, 5.74) is 1.82. The minimum atomic E-state index is -0.785. The zero-order valence-electron chi connectivity index (χ0n) is 16.4. The highest BCUT2D eigenvalue weighted by atomic mass is 79.9. The molecule has 156 valence electrons. The summed E-state index contributed by atoms with van der Waals surface area (Å²) in [7, 11) is 2.96. The number of hydrogen-bond donors (Lipinski definition) is 3. The zero-order valence-corrected chi connectivity index (χ0v) is 18.0. The summed E-state index contributed by atoms with van der Waals surface area (Å²) in [4.78, 5) is 41.0. The van der Waals surface area contributed by atoms with E-state index in [-0.39, 0.29) is 22.8 Å². The van der Waals surface area contributed by atoms with E-state index in [0.29, 0.717) is 38.3 Å². The number of rotatable bonds is 2. The van der Waals surface area contributed by atoms with Gasteiger partial charge in [0.2, 0.25) is 0 Å². The summed E-state index contributed by atoms with van der Waals surface area (Å²) in [5, 5.41) is 13.4. The van der Waals surface area contributed by atoms with Crippen molar-refractivity contribution in [2.24, 2.45) is 7.05 Å². The van der Waals surface area contributed by atoms with Gasteiger partial charge in [0, 0.05) is 29.7 Å². The van der Waals surface area contributed by atoms with Crippen LogP contribution in [-0.4, -0.2) is 27.6 Å². The van der Waals surface area contributed by atoms with Crippen molar-refractivity contribution < 1.29 is 14.6 Å². The third-order valence-corrected chi connectivity index (χ3v) is 6.34. The second-order valence-electron chi connectivity index (χ2n) is 7.36. The summed E-state index contributed by atoms with van der Waals surface area (Å²) >= 11 is 3.32. The monoisotopic (exact) mass is 481 g/mol. The highest BCUT2D eigenvalue weighted by Gasteiger charge is 2.42. The van der Waals surface area contributed by atoms with Gasteiger partial charge in [-0.3, -0.25) is 19.1 Å². The molecule has 31 heavy (non-hydrogen) atoms. The number of aromatic amines is 1. The standard InChI is InChI=1S/C22H16BrN3O5/c1-26-20-16(21(29)25-22(26)30)14(9-7-12(23)19(28)13(8-9)31-2)15-17(24-20)10-5-3-4-6-11(10)18(15)27/h3-8,14,24,28H,1-2H3,(H,25,29,30). The number of hydrogen-bond acceptors (Lipinski definition) is 6. The summed E-state index contributed by atoms with van der Waals surface area (Å²) in [6.45, 7) is 0. The number of carbonyl (C=O) groups is 1. The number of benzene rings is 2. The lowest BCUT2D eigenvalue weighted by atomic mass is 9.81. The molecule has 1 atom stereocenters. The van der Waals surface area contributed by atoms with Gasteiger partial charge in [-0.15, -0.1) is 0 Å². The Labute approximate surface area is 183 Å². The second-order valence-corrected chi connectivity index (χ2v) is 8.21. The van der Waals surface area contributed by atoms with Crippen molar-refractivity contribution in [1.82, 2.24) is 9.55 Å². The van der Waals surface area contributed by atoms with Crippen molar-refractivity contribution in [2.45, 2.75) is 5.92 Å². The third kappa shape index (κ3) is 2.63. The minimum absolute atomic E-state index is 0.0926. The number of H-pyrrole nitrogens is 1. The summed E-state index contributed by atoms with van der Waals surface area (Å²) < 4.78 is 6.95. The molecule has 0 amide bonds. The van der Waals surface area contributed by atoms with Crippen LogP contribution in [-0.2, 0) is 7.05 Å². The van der Waals surface area contributed by atoms with Gasteiger partial charge in [-0.1, -0.05) is 24.3 Å². The maximum atomic E-state index is 13.4. The molecule has 2 aliphatic rings. The quantitative estimate of drug-likeness (QED) is 0.518. The molecule has 1 aliphatic heterocycles. The van der Waals surface area contributed by atoms with Crippen LogP contribution < -0.4 is 21.3 Å². The SMILES string of the molecule is COc1cc(C2C3=C(Nc4c2c(=O)[nH]c(=O)n4C)c2ccccc2C3=O)cc(Br)c1O. The lowest BCUT2D eigenvalue weighted by molar-refractivity contribution is 0.103. The topological polar surface area (TPSA) is 113 Å². The van der Waals surface area contributed by atoms with E-state index in [2.05, 4.69) is 26.2 Å². The molecule has 0 saturated carbocycles. The van der Waals surface area contributed by atoms with Gasteiger partial charge in [0.15, 0.2) is 17.3 Å². The smallest absolute Gasteiger partial charge is 0.329 e. The summed E-state index contributed by atoms with van der Waals surface area (Å²) in [6, 6.07) is 10.4. The number of halogens is 1. The number of phenols is 1. The van der Waals surface area contributed by atoms with Crippen LogP contribution in [0.3, 0.4) is 0 Å². The molecule has 3 aromatic rings. The lowest BCUT2D eigenvalue weighted by Gasteiger charge is -2.29. The number of carbonyl (C=O) groups excluding carboxylic acids is 1. The second kappa shape index (κ2) is 6.71. The molecular weight excluding hydrogens is 466 g/mol. The number of aromatic hydroxyl groups is 1. The zero-order chi connectivity index (χ0) is 22.0. The van der Waals surface area contributed by atoms with E-state index >= 15 is 0 Å². The number of Topliss-reactive ketones (excluding diaryl/α,β-unsaturated/α-hetero) is 1. The van der Waals surface area contributed by atoms with E-state index in [4.69, 9.17) is 4.74 Å². The van der Waals surface area contributed by atoms with Crippen molar-refractivity contribution in [1.29, 1.82) is 0 Å². The van der Waals surface area contributed by atoms with E-state index < -0.39 is 17.2 Å². The Hall–Kier alpha value is -3.59. The Morgan fingerprint density at radius 2 is 1.84 bits per heavy atom. The molecule has 1 aromatic heterocycles. The summed E-state index contributed by atoms with van der Waals surface area (Å²) in [5.74, 6) is -0.580. The van der Waals surface area contributed by atoms with Crippen LogP contribution in [0.25, 0.3) is 5.70 Å². The minimum Gasteiger partial charge on any atom is -0.503 e. The predicted octanol–water partition coefficient (Wildman–Crippen LogP) is 2.72. The van der Waals surface area contributed by atoms with Crippen LogP contribution in [0, 0.1) is 0 Å². The molecule has 9 heteroatoms. The molecule has 3 N–H and O–H groups in total. The predicted molar refractivity (Wildman–Crippen MR) is 118 cm³/mol. The number of anilines is 1. The van der Waals surface area contributed by atoms with Crippen molar-refractivity contribution in [3.05, 3.63) is 89.5 Å². The highest BCUT2D eigenvalue weighted by Crippen LogP contribution is 2.49. The van der Waals surface area contributed by atoms with Crippen LogP contribution in [0.5, 0.6) is 11.5 Å². The van der Waals surface area contributed by atoms with Gasteiger partial charge in [0.1, 0.15) is 5.82 Å². The van der Waals surface area contributed by atoms with Gasteiger partial charge >= 0.3 is 5.69 Å². The third-order valence-electron chi connectivity index (χ3n) is 5.74. The van der Waals surface area contributed by atoms with E-state index in [1.807, 2.05) is 12.1 Å². The first kappa shape index (κ1) is 19.4. The van der Waals surface area contributed by atoms with Crippen molar-refractivity contribution in [3.63, 3.8) is 0 Å². The Kier molecular flexibility index (Phi) is 4.19. The first-order chi connectivity index (χ1) is 14.8. The molecule has 0 saturated heterocycles. The number of allylic oxidation sites excluding steroid dienone is 1. The molecule has 1 aliphatic carbocycles. The highest BCUT2D eigenvalue weighted by molar-refractivity contribution is 9.10. The van der Waals surface area contributed by atoms with Crippen LogP contribution >= 0.6 is 15.9 Å². The average molecular weight is 482 g/mol. The number of methoxy groups -OCH3 is 1. The Morgan fingerprint density at radius 1 is 1.13 bits per heavy atom. The number of fused-ring (bicyclic) bond motifs is 3. The maximum Gasteiger partial charge on any atom is 0.329 e. The molecule has 0 fully saturated rings. The van der Waals surface area contributed by atoms with Crippen molar-refractivity contribution in [3.8, 4) is 11.5 Å². The fraction of sp³-hybridized carbons (Fsp3) is 0.136. The number of ether oxygens (including phenoxy) is 1. The van der Waals surface area contributed by atoms with Crippen LogP contribution in [0.1, 0.15) is 33.0 Å². The first-order valence-corrected chi connectivity index (χ1v) is 10.2. The van der Waals surface area contributed by atoms with Gasteiger partial charge in [-0.25, -0.2) is 4.79 Å². The van der Waals surface area contributed by atoms with Gasteiger partial charge in [-0.2, -0.15) is 0 Å². The number of nitrogens with zero attached hydrogens (tertiary/aromatic N) is 1. The number of ketones is 1. The van der Waals surface area contributed by atoms with Gasteiger partial charge in [0.05, 0.1) is 22.8 Å². The van der Waals surface area contributed by atoms with E-state index in [9.17, 15) is 19.5 Å². The Morgan fingerprint density at radius 3 is 2.55 bits per heavy atom. The summed E-state index contributed by atoms with van der Waals surface area (Å²) in [6.07, 6.45) is 0. The van der Waals surface area contributed by atoms with Crippen LogP contribution in [0.15, 0.2) is 56.0 Å². The molecule has 2 aromatic carbocycles. The number of aromatic nitrogens is 2. The maximum absolute atomic E-state index is 13.4. The van der Waals surface area contributed by atoms with E-state index in [1.165, 1.54) is 11.7 Å². The van der Waals surface area contributed by atoms with E-state index in [1.54, 1.807) is 31.3 Å². The van der Waals surface area contributed by atoms with Gasteiger partial charge < -0.3 is 15.2 Å². The fourth-order valence-electron chi connectivity index (χ4n) is 4.28.